The standard InChI is InChI=1S/C18H15ClN6O2S/c1-12-10-17(25-18(22-12)20-11-21-25)23-14-6-8-16(9-7-14)28(26,27)24-15-4-2-13(19)3-5-15/h2-11,23-24H,1H3. The van der Waals surface area contributed by atoms with Crippen LogP contribution in [0.4, 0.5) is 17.2 Å². The van der Waals surface area contributed by atoms with Crippen molar-refractivity contribution >= 4 is 44.6 Å². The SMILES string of the molecule is Cc1cc(Nc2ccc(S(=O)(=O)Nc3ccc(Cl)cc3)cc2)n2ncnc2n1. The molecule has 0 aliphatic heterocycles. The first-order valence-corrected chi connectivity index (χ1v) is 10.1. The van der Waals surface area contributed by atoms with E-state index in [0.29, 0.717) is 28.0 Å². The van der Waals surface area contributed by atoms with E-state index in [1.54, 1.807) is 40.9 Å². The number of halogens is 1. The number of fused-ring (bicyclic) bond motifs is 1. The zero-order chi connectivity index (χ0) is 19.7. The molecule has 0 bridgehead atoms. The maximum absolute atomic E-state index is 12.5. The summed E-state index contributed by atoms with van der Waals surface area (Å²) in [6, 6.07) is 14.7. The van der Waals surface area contributed by atoms with E-state index in [0.717, 1.165) is 5.69 Å². The number of aryl methyl sites for hydroxylation is 1. The number of hydrogen-bond donors (Lipinski definition) is 2. The van der Waals surface area contributed by atoms with Crippen LogP contribution in [0.5, 0.6) is 0 Å². The average molecular weight is 415 g/mol. The molecular weight excluding hydrogens is 400 g/mol. The third kappa shape index (κ3) is 3.75. The first-order chi connectivity index (χ1) is 13.4. The highest BCUT2D eigenvalue weighted by Crippen LogP contribution is 2.22. The zero-order valence-electron chi connectivity index (χ0n) is 14.7. The van der Waals surface area contributed by atoms with Gasteiger partial charge in [-0.1, -0.05) is 11.6 Å². The molecular formula is C18H15ClN6O2S. The van der Waals surface area contributed by atoms with Crippen LogP contribution in [-0.4, -0.2) is 28.0 Å². The molecule has 0 saturated carbocycles. The lowest BCUT2D eigenvalue weighted by Gasteiger charge is -2.11. The number of benzene rings is 2. The van der Waals surface area contributed by atoms with Crippen molar-refractivity contribution in [3.63, 3.8) is 0 Å². The van der Waals surface area contributed by atoms with E-state index < -0.39 is 10.0 Å². The molecule has 0 radical (unpaired) electrons. The van der Waals surface area contributed by atoms with Crippen LogP contribution in [-0.2, 0) is 10.0 Å². The predicted octanol–water partition coefficient (Wildman–Crippen LogP) is 3.63. The Morgan fingerprint density at radius 3 is 2.39 bits per heavy atom. The van der Waals surface area contributed by atoms with Gasteiger partial charge in [0.05, 0.1) is 4.90 Å². The molecule has 2 heterocycles. The summed E-state index contributed by atoms with van der Waals surface area (Å²) in [7, 11) is -3.71. The molecule has 0 spiro atoms. The Kier molecular flexibility index (Phi) is 4.62. The van der Waals surface area contributed by atoms with Crippen molar-refractivity contribution in [3.05, 3.63) is 71.6 Å². The van der Waals surface area contributed by atoms with Crippen LogP contribution in [0, 0.1) is 6.92 Å². The molecule has 2 N–H and O–H groups in total. The predicted molar refractivity (Wildman–Crippen MR) is 108 cm³/mol. The Morgan fingerprint density at radius 2 is 1.68 bits per heavy atom. The summed E-state index contributed by atoms with van der Waals surface area (Å²) in [5.74, 6) is 1.16. The van der Waals surface area contributed by atoms with Crippen LogP contribution < -0.4 is 10.0 Å². The zero-order valence-corrected chi connectivity index (χ0v) is 16.2. The maximum atomic E-state index is 12.5. The highest BCUT2D eigenvalue weighted by Gasteiger charge is 2.14. The van der Waals surface area contributed by atoms with Gasteiger partial charge >= 0.3 is 0 Å². The van der Waals surface area contributed by atoms with Gasteiger partial charge in [0.25, 0.3) is 15.8 Å². The summed E-state index contributed by atoms with van der Waals surface area (Å²) >= 11 is 5.82. The monoisotopic (exact) mass is 414 g/mol. The molecule has 0 aliphatic carbocycles. The fourth-order valence-electron chi connectivity index (χ4n) is 2.62. The fourth-order valence-corrected chi connectivity index (χ4v) is 3.80. The largest absolute Gasteiger partial charge is 0.340 e. The molecule has 0 aliphatic rings. The molecule has 2 aromatic heterocycles. The highest BCUT2D eigenvalue weighted by atomic mass is 35.5. The number of anilines is 3. The van der Waals surface area contributed by atoms with Crippen LogP contribution in [0.25, 0.3) is 5.78 Å². The Labute approximate surface area is 166 Å². The van der Waals surface area contributed by atoms with Crippen LogP contribution in [0.1, 0.15) is 5.69 Å². The molecule has 2 aromatic carbocycles. The van der Waals surface area contributed by atoms with E-state index in [4.69, 9.17) is 11.6 Å². The van der Waals surface area contributed by atoms with Gasteiger partial charge in [0.15, 0.2) is 0 Å². The topological polar surface area (TPSA) is 101 Å². The van der Waals surface area contributed by atoms with Crippen molar-refractivity contribution in [1.29, 1.82) is 0 Å². The second kappa shape index (κ2) is 7.10. The Balaban J connectivity index is 1.56. The maximum Gasteiger partial charge on any atom is 0.261 e. The molecule has 10 heteroatoms. The molecule has 0 atom stereocenters. The summed E-state index contributed by atoms with van der Waals surface area (Å²) in [6.45, 7) is 1.86. The van der Waals surface area contributed by atoms with Crippen molar-refractivity contribution in [1.82, 2.24) is 19.6 Å². The first-order valence-electron chi connectivity index (χ1n) is 8.24. The van der Waals surface area contributed by atoms with Gasteiger partial charge in [0, 0.05) is 28.2 Å². The molecule has 0 amide bonds. The van der Waals surface area contributed by atoms with Gasteiger partial charge in [-0.15, -0.1) is 0 Å². The number of sulfonamides is 1. The van der Waals surface area contributed by atoms with Crippen LogP contribution in [0.3, 0.4) is 0 Å². The number of rotatable bonds is 5. The van der Waals surface area contributed by atoms with Gasteiger partial charge in [-0.05, 0) is 55.5 Å². The lowest BCUT2D eigenvalue weighted by molar-refractivity contribution is 0.601. The molecule has 4 rings (SSSR count). The summed E-state index contributed by atoms with van der Waals surface area (Å²) < 4.78 is 29.2. The van der Waals surface area contributed by atoms with Gasteiger partial charge in [0.1, 0.15) is 12.1 Å². The minimum absolute atomic E-state index is 0.143. The quantitative estimate of drug-likeness (QED) is 0.517. The first kappa shape index (κ1) is 18.2. The summed E-state index contributed by atoms with van der Waals surface area (Å²) in [5, 5.41) is 7.86. The molecule has 0 unspecified atom stereocenters. The van der Waals surface area contributed by atoms with E-state index in [1.807, 2.05) is 13.0 Å². The van der Waals surface area contributed by atoms with E-state index in [9.17, 15) is 8.42 Å². The summed E-state index contributed by atoms with van der Waals surface area (Å²) in [6.07, 6.45) is 1.42. The third-order valence-electron chi connectivity index (χ3n) is 3.91. The average Bonchev–Trinajstić information content (AvgIpc) is 3.12. The highest BCUT2D eigenvalue weighted by molar-refractivity contribution is 7.92. The molecule has 4 aromatic rings. The second-order valence-electron chi connectivity index (χ2n) is 6.02. The van der Waals surface area contributed by atoms with Crippen molar-refractivity contribution in [2.24, 2.45) is 0 Å². The van der Waals surface area contributed by atoms with E-state index in [1.165, 1.54) is 18.5 Å². The van der Waals surface area contributed by atoms with Gasteiger partial charge in [-0.2, -0.15) is 14.6 Å². The molecule has 28 heavy (non-hydrogen) atoms. The smallest absolute Gasteiger partial charge is 0.261 e. The van der Waals surface area contributed by atoms with Crippen LogP contribution in [0.15, 0.2) is 65.8 Å². The molecule has 0 saturated heterocycles. The van der Waals surface area contributed by atoms with E-state index >= 15 is 0 Å². The fraction of sp³-hybridized carbons (Fsp3) is 0.0556. The van der Waals surface area contributed by atoms with E-state index in [2.05, 4.69) is 25.1 Å². The van der Waals surface area contributed by atoms with Gasteiger partial charge in [-0.25, -0.2) is 13.4 Å². The van der Waals surface area contributed by atoms with Gasteiger partial charge in [-0.3, -0.25) is 4.72 Å². The van der Waals surface area contributed by atoms with Crippen LogP contribution in [0.2, 0.25) is 5.02 Å². The van der Waals surface area contributed by atoms with Crippen molar-refractivity contribution in [2.45, 2.75) is 11.8 Å². The van der Waals surface area contributed by atoms with Gasteiger partial charge < -0.3 is 5.32 Å². The van der Waals surface area contributed by atoms with Crippen molar-refractivity contribution in [2.75, 3.05) is 10.0 Å². The number of hydrogen-bond acceptors (Lipinski definition) is 6. The van der Waals surface area contributed by atoms with E-state index in [-0.39, 0.29) is 4.90 Å². The molecule has 142 valence electrons. The second-order valence-corrected chi connectivity index (χ2v) is 8.14. The number of nitrogens with one attached hydrogen (secondary N) is 2. The summed E-state index contributed by atoms with van der Waals surface area (Å²) in [5.41, 5.74) is 1.93. The van der Waals surface area contributed by atoms with Crippen molar-refractivity contribution in [3.8, 4) is 0 Å². The Hall–Kier alpha value is -3.17. The summed E-state index contributed by atoms with van der Waals surface area (Å²) in [4.78, 5) is 8.50. The van der Waals surface area contributed by atoms with Crippen molar-refractivity contribution < 1.29 is 8.42 Å². The Morgan fingerprint density at radius 1 is 1.00 bits per heavy atom. The Bertz CT molecular complexity index is 1240. The van der Waals surface area contributed by atoms with Crippen LogP contribution >= 0.6 is 11.6 Å². The lowest BCUT2D eigenvalue weighted by atomic mass is 10.3. The molecule has 8 nitrogen and oxygen atoms in total. The molecule has 0 fully saturated rings. The minimum atomic E-state index is -3.71. The minimum Gasteiger partial charge on any atom is -0.340 e. The number of aromatic nitrogens is 4. The third-order valence-corrected chi connectivity index (χ3v) is 5.56. The lowest BCUT2D eigenvalue weighted by Crippen LogP contribution is -2.12. The van der Waals surface area contributed by atoms with Gasteiger partial charge in [0.2, 0.25) is 0 Å². The number of nitrogens with zero attached hydrogens (tertiary/aromatic N) is 4. The normalized spacial score (nSPS) is 11.5.